The van der Waals surface area contributed by atoms with E-state index in [9.17, 15) is 5.11 Å². The zero-order chi connectivity index (χ0) is 7.44. The van der Waals surface area contributed by atoms with Crippen LogP contribution in [0.2, 0.25) is 0 Å². The lowest BCUT2D eigenvalue weighted by atomic mass is 10.6. The molecule has 0 heterocycles. The summed E-state index contributed by atoms with van der Waals surface area (Å²) in [4.78, 5) is 1.84. The van der Waals surface area contributed by atoms with Crippen LogP contribution in [0.1, 0.15) is 13.8 Å². The summed E-state index contributed by atoms with van der Waals surface area (Å²) in [6.07, 6.45) is -1.01. The molecule has 0 aromatic carbocycles. The molecule has 0 saturated heterocycles. The molecule has 3 heteroatoms. The summed E-state index contributed by atoms with van der Waals surface area (Å²) in [5, 5.41) is 10.4. The number of rotatable bonds is 3. The molecule has 0 saturated carbocycles. The molecule has 0 aliphatic heterocycles. The lowest BCUT2D eigenvalue weighted by Gasteiger charge is -2.20. The van der Waals surface area contributed by atoms with Crippen molar-refractivity contribution in [3.05, 3.63) is 0 Å². The maximum Gasteiger partial charge on any atom is 0.190 e. The Labute approximate surface area is 56.2 Å². The van der Waals surface area contributed by atoms with Crippen LogP contribution in [0, 0.1) is 0 Å². The van der Waals surface area contributed by atoms with Gasteiger partial charge in [-0.15, -0.1) is 0 Å². The van der Waals surface area contributed by atoms with E-state index in [4.69, 9.17) is 4.74 Å². The van der Waals surface area contributed by atoms with Gasteiger partial charge in [0.2, 0.25) is 0 Å². The van der Waals surface area contributed by atoms with E-state index in [1.807, 2.05) is 25.9 Å². The average molecular weight is 132 g/mol. The van der Waals surface area contributed by atoms with Gasteiger partial charge in [0, 0.05) is 0 Å². The molecule has 9 heavy (non-hydrogen) atoms. The van der Waals surface area contributed by atoms with Gasteiger partial charge in [-0.2, -0.15) is 0 Å². The molecule has 0 aromatic heterocycles. The summed E-state index contributed by atoms with van der Waals surface area (Å²) in [5.41, 5.74) is 0. The van der Waals surface area contributed by atoms with Crippen LogP contribution in [0.4, 0.5) is 0 Å². The molecule has 0 amide bonds. The van der Waals surface area contributed by atoms with Crippen LogP contribution in [0.15, 0.2) is 0 Å². The first kappa shape index (κ1) is 8.88. The Kier molecular flexibility index (Phi) is 3.77. The molecule has 0 N–H and O–H groups in total. The zero-order valence-electron chi connectivity index (χ0n) is 6.42. The monoisotopic (exact) mass is 132 g/mol. The molecule has 0 bridgehead atoms. The first-order chi connectivity index (χ1) is 4.04. The van der Waals surface area contributed by atoms with Crippen molar-refractivity contribution in [1.29, 1.82) is 0 Å². The largest absolute Gasteiger partial charge is 0.332 e. The van der Waals surface area contributed by atoms with Gasteiger partial charge in [0.15, 0.2) is 6.29 Å². The van der Waals surface area contributed by atoms with E-state index in [0.29, 0.717) is 0 Å². The highest BCUT2D eigenvalue weighted by atomic mass is 16.6. The summed E-state index contributed by atoms with van der Waals surface area (Å²) < 4.78 is 4.88. The minimum atomic E-state index is -0.928. The molecular formula is C6H14NO2. The van der Waals surface area contributed by atoms with Gasteiger partial charge in [0.1, 0.15) is 6.23 Å². The molecule has 55 valence electrons. The second-order valence-corrected chi connectivity index (χ2v) is 2.27. The number of hydrogen-bond acceptors (Lipinski definition) is 2. The normalized spacial score (nSPS) is 18.0. The van der Waals surface area contributed by atoms with Gasteiger partial charge in [-0.25, -0.2) is 5.11 Å². The second kappa shape index (κ2) is 3.82. The smallest absolute Gasteiger partial charge is 0.190 e. The fourth-order valence-electron chi connectivity index (χ4n) is 0.399. The molecule has 0 spiro atoms. The van der Waals surface area contributed by atoms with Crippen LogP contribution in [-0.2, 0) is 9.84 Å². The van der Waals surface area contributed by atoms with E-state index in [1.54, 1.807) is 0 Å². The molecule has 0 aliphatic rings. The maximum atomic E-state index is 10.4. The van der Waals surface area contributed by atoms with Crippen molar-refractivity contribution < 1.29 is 9.84 Å². The average Bonchev–Trinajstić information content (AvgIpc) is 1.63. The topological polar surface area (TPSA) is 32.4 Å². The highest BCUT2D eigenvalue weighted by Gasteiger charge is 2.07. The Balaban J connectivity index is 3.38. The summed E-state index contributed by atoms with van der Waals surface area (Å²) in [6.45, 7) is 3.33. The van der Waals surface area contributed by atoms with Crippen LogP contribution < -0.4 is 0 Å². The lowest BCUT2D eigenvalue weighted by molar-refractivity contribution is -0.184. The first-order valence-corrected chi connectivity index (χ1v) is 3.01. The molecule has 3 nitrogen and oxygen atoms in total. The number of ether oxygens (including phenoxy) is 1. The van der Waals surface area contributed by atoms with Crippen LogP contribution in [0.25, 0.3) is 0 Å². The third-order valence-electron chi connectivity index (χ3n) is 1.12. The minimum Gasteiger partial charge on any atom is -0.332 e. The third kappa shape index (κ3) is 4.39. The van der Waals surface area contributed by atoms with Gasteiger partial charge in [-0.05, 0) is 27.9 Å². The Morgan fingerprint density at radius 3 is 1.89 bits per heavy atom. The molecule has 0 rings (SSSR count). The van der Waals surface area contributed by atoms with E-state index in [2.05, 4.69) is 0 Å². The van der Waals surface area contributed by atoms with Gasteiger partial charge < -0.3 is 4.74 Å². The van der Waals surface area contributed by atoms with E-state index in [-0.39, 0.29) is 6.23 Å². The fourth-order valence-corrected chi connectivity index (χ4v) is 0.399. The Bertz CT molecular complexity index is 73.5. The first-order valence-electron chi connectivity index (χ1n) is 3.01. The van der Waals surface area contributed by atoms with E-state index < -0.39 is 6.29 Å². The maximum absolute atomic E-state index is 10.4. The van der Waals surface area contributed by atoms with Gasteiger partial charge in [0.05, 0.1) is 0 Å². The van der Waals surface area contributed by atoms with Crippen molar-refractivity contribution in [3.8, 4) is 0 Å². The van der Waals surface area contributed by atoms with Crippen molar-refractivity contribution >= 4 is 0 Å². The van der Waals surface area contributed by atoms with Gasteiger partial charge in [-0.3, -0.25) is 4.90 Å². The number of nitrogens with zero attached hydrogens (tertiary/aromatic N) is 1. The summed E-state index contributed by atoms with van der Waals surface area (Å²) in [7, 11) is 3.74. The quantitative estimate of drug-likeness (QED) is 0.529. The summed E-state index contributed by atoms with van der Waals surface area (Å²) in [5.74, 6) is 0. The van der Waals surface area contributed by atoms with Crippen LogP contribution >= 0.6 is 0 Å². The zero-order valence-corrected chi connectivity index (χ0v) is 6.42. The van der Waals surface area contributed by atoms with E-state index in [1.165, 1.54) is 6.92 Å². The molecule has 2 unspecified atom stereocenters. The Morgan fingerprint density at radius 2 is 1.78 bits per heavy atom. The van der Waals surface area contributed by atoms with E-state index in [0.717, 1.165) is 0 Å². The van der Waals surface area contributed by atoms with Crippen LogP contribution in [-0.4, -0.2) is 31.5 Å². The third-order valence-corrected chi connectivity index (χ3v) is 1.12. The Morgan fingerprint density at radius 1 is 1.33 bits per heavy atom. The lowest BCUT2D eigenvalue weighted by Crippen LogP contribution is -2.30. The van der Waals surface area contributed by atoms with Crippen LogP contribution in [0.5, 0.6) is 0 Å². The molecule has 2 atom stereocenters. The standard InChI is InChI=1S/C6H14NO2/c1-5(7(3)4)9-6(2)8/h5-6H,1-4H3. The van der Waals surface area contributed by atoms with Crippen molar-refractivity contribution in [1.82, 2.24) is 4.90 Å². The molecular weight excluding hydrogens is 118 g/mol. The second-order valence-electron chi connectivity index (χ2n) is 2.27. The molecule has 1 radical (unpaired) electrons. The number of hydrogen-bond donors (Lipinski definition) is 0. The van der Waals surface area contributed by atoms with Crippen molar-refractivity contribution in [3.63, 3.8) is 0 Å². The predicted octanol–water partition coefficient (Wildman–Crippen LogP) is 0.687. The fraction of sp³-hybridized carbons (Fsp3) is 1.00. The highest BCUT2D eigenvalue weighted by molar-refractivity contribution is 4.43. The van der Waals surface area contributed by atoms with E-state index >= 15 is 0 Å². The molecule has 0 fully saturated rings. The summed E-state index contributed by atoms with van der Waals surface area (Å²) in [6, 6.07) is 0. The molecule has 0 aliphatic carbocycles. The van der Waals surface area contributed by atoms with Gasteiger partial charge in [-0.1, -0.05) is 0 Å². The highest BCUT2D eigenvalue weighted by Crippen LogP contribution is 1.96. The summed E-state index contributed by atoms with van der Waals surface area (Å²) >= 11 is 0. The van der Waals surface area contributed by atoms with Crippen LogP contribution in [0.3, 0.4) is 0 Å². The predicted molar refractivity (Wildman–Crippen MR) is 34.4 cm³/mol. The minimum absolute atomic E-state index is 0.0856. The molecule has 0 aromatic rings. The van der Waals surface area contributed by atoms with Crippen molar-refractivity contribution in [2.45, 2.75) is 26.4 Å². The SMILES string of the molecule is CC([O])OC(C)N(C)C. The van der Waals surface area contributed by atoms with Crippen molar-refractivity contribution in [2.75, 3.05) is 14.1 Å². The Hall–Kier alpha value is -0.120. The van der Waals surface area contributed by atoms with Crippen molar-refractivity contribution in [2.24, 2.45) is 0 Å². The van der Waals surface area contributed by atoms with Gasteiger partial charge >= 0.3 is 0 Å². The van der Waals surface area contributed by atoms with Gasteiger partial charge in [0.25, 0.3) is 0 Å².